The van der Waals surface area contributed by atoms with E-state index in [2.05, 4.69) is 19.9 Å². The van der Waals surface area contributed by atoms with Crippen molar-refractivity contribution >= 4 is 33.8 Å². The van der Waals surface area contributed by atoms with Gasteiger partial charge in [-0.2, -0.15) is 13.2 Å². The Morgan fingerprint density at radius 3 is 2.44 bits per heavy atom. The van der Waals surface area contributed by atoms with Crippen LogP contribution in [-0.2, 0) is 22.3 Å². The molecule has 2 aromatic carbocycles. The average Bonchev–Trinajstić information content (AvgIpc) is 3.73. The summed E-state index contributed by atoms with van der Waals surface area (Å²) in [5.74, 6) is -0.617. The summed E-state index contributed by atoms with van der Waals surface area (Å²) in [5, 5.41) is 0.912. The lowest BCUT2D eigenvalue weighted by molar-refractivity contribution is -0.149. The smallest absolute Gasteiger partial charge is 0.449 e. The van der Waals surface area contributed by atoms with Crippen LogP contribution in [0.4, 0.5) is 13.2 Å². The molecule has 0 unspecified atom stereocenters. The quantitative estimate of drug-likeness (QED) is 0.276. The molecule has 2 aliphatic rings. The Balaban J connectivity index is 1.22. The van der Waals surface area contributed by atoms with Gasteiger partial charge in [-0.25, -0.2) is 15.0 Å². The molecule has 250 valence electrons. The number of carbonyl (C=O) groups excluding carboxylic acids is 2. The van der Waals surface area contributed by atoms with E-state index in [1.54, 1.807) is 37.3 Å². The van der Waals surface area contributed by atoms with Gasteiger partial charge in [0, 0.05) is 51.1 Å². The predicted octanol–water partition coefficient (Wildman–Crippen LogP) is 4.90. The molecule has 2 saturated heterocycles. The molecule has 11 nitrogen and oxygen atoms in total. The summed E-state index contributed by atoms with van der Waals surface area (Å²) in [6.45, 7) is 3.60. The van der Waals surface area contributed by atoms with E-state index < -0.39 is 30.5 Å². The minimum atomic E-state index is -4.74. The fourth-order valence-corrected chi connectivity index (χ4v) is 6.98. The summed E-state index contributed by atoms with van der Waals surface area (Å²) in [5.41, 5.74) is 2.51. The van der Waals surface area contributed by atoms with Crippen molar-refractivity contribution in [1.29, 1.82) is 0 Å². The maximum atomic E-state index is 14.1. The first-order valence-corrected chi connectivity index (χ1v) is 15.9. The van der Waals surface area contributed by atoms with Crippen molar-refractivity contribution in [3.63, 3.8) is 0 Å². The molecule has 7 rings (SSSR count). The van der Waals surface area contributed by atoms with E-state index in [1.807, 2.05) is 35.2 Å². The number of likely N-dealkylation sites (tertiary alicyclic amines) is 1. The van der Waals surface area contributed by atoms with Gasteiger partial charge in [0.05, 0.1) is 41.1 Å². The minimum absolute atomic E-state index is 0.0497. The largest absolute Gasteiger partial charge is 0.480 e. The Labute approximate surface area is 274 Å². The van der Waals surface area contributed by atoms with Crippen LogP contribution in [-0.4, -0.2) is 96.9 Å². The first-order chi connectivity index (χ1) is 23.1. The number of rotatable bonds is 6. The van der Waals surface area contributed by atoms with E-state index in [0.717, 1.165) is 28.3 Å². The number of aromatic amines is 1. The zero-order valence-corrected chi connectivity index (χ0v) is 26.6. The molecule has 2 fully saturated rings. The zero-order valence-electron chi connectivity index (χ0n) is 26.6. The monoisotopic (exact) mass is 660 g/mol. The minimum Gasteiger partial charge on any atom is -0.480 e. The third-order valence-electron chi connectivity index (χ3n) is 9.44. The maximum Gasteiger partial charge on any atom is 0.449 e. The Kier molecular flexibility index (Phi) is 8.27. The van der Waals surface area contributed by atoms with Gasteiger partial charge in [0.2, 0.25) is 23.5 Å². The third-order valence-corrected chi connectivity index (χ3v) is 9.44. The van der Waals surface area contributed by atoms with Crippen LogP contribution < -0.4 is 4.74 Å². The standard InChI is InChI=1S/C34H35F3N8O3/c1-21(46)42-13-11-23(12-14-42)43-15-16-44(30(47)20-45-28-10-6-5-9-26(28)41-33(45)34(35,36)37)29(19-43)31-38-18-27(39-31)24-17-22-7-3-4-8-25(22)40-32(24)48-2/h3-10,17-18,23,29H,11-16,19-20H2,1-2H3,(H,38,39)/t29-/m0/s1. The van der Waals surface area contributed by atoms with Gasteiger partial charge >= 0.3 is 6.18 Å². The first-order valence-electron chi connectivity index (χ1n) is 15.9. The van der Waals surface area contributed by atoms with Crippen LogP contribution in [0.2, 0.25) is 0 Å². The lowest BCUT2D eigenvalue weighted by atomic mass is 10.00. The fourth-order valence-electron chi connectivity index (χ4n) is 6.98. The maximum absolute atomic E-state index is 14.1. The molecule has 2 aliphatic heterocycles. The van der Waals surface area contributed by atoms with Crippen molar-refractivity contribution in [3.8, 4) is 17.1 Å². The summed E-state index contributed by atoms with van der Waals surface area (Å²) >= 11 is 0. The van der Waals surface area contributed by atoms with Gasteiger partial charge in [-0.15, -0.1) is 0 Å². The number of amides is 2. The molecule has 1 atom stereocenters. The van der Waals surface area contributed by atoms with Crippen LogP contribution >= 0.6 is 0 Å². The molecule has 1 N–H and O–H groups in total. The van der Waals surface area contributed by atoms with Crippen LogP contribution in [0.1, 0.15) is 37.5 Å². The summed E-state index contributed by atoms with van der Waals surface area (Å²) in [6, 6.07) is 15.5. The normalized spacial score (nSPS) is 18.1. The van der Waals surface area contributed by atoms with Crippen LogP contribution in [0.5, 0.6) is 5.88 Å². The number of pyridine rings is 1. The highest BCUT2D eigenvalue weighted by atomic mass is 19.4. The van der Waals surface area contributed by atoms with Crippen molar-refractivity contribution in [2.24, 2.45) is 0 Å². The summed E-state index contributed by atoms with van der Waals surface area (Å²) in [7, 11) is 1.55. The number of nitrogens with zero attached hydrogens (tertiary/aromatic N) is 7. The molecular formula is C34H35F3N8O3. The first kappa shape index (κ1) is 31.6. The number of imidazole rings is 2. The number of ether oxygens (including phenoxy) is 1. The number of alkyl halides is 3. The van der Waals surface area contributed by atoms with Crippen LogP contribution in [0, 0.1) is 0 Å². The van der Waals surface area contributed by atoms with E-state index in [1.165, 1.54) is 12.1 Å². The lowest BCUT2D eigenvalue weighted by Gasteiger charge is -2.46. The second kappa shape index (κ2) is 12.6. The number of methoxy groups -OCH3 is 1. The van der Waals surface area contributed by atoms with Crippen LogP contribution in [0.15, 0.2) is 60.8 Å². The van der Waals surface area contributed by atoms with E-state index in [0.29, 0.717) is 55.7 Å². The van der Waals surface area contributed by atoms with Gasteiger partial charge in [0.25, 0.3) is 0 Å². The average molecular weight is 661 g/mol. The number of benzene rings is 2. The van der Waals surface area contributed by atoms with Crippen molar-refractivity contribution in [1.82, 2.24) is 39.2 Å². The van der Waals surface area contributed by atoms with E-state index in [9.17, 15) is 22.8 Å². The number of piperidine rings is 1. The highest BCUT2D eigenvalue weighted by molar-refractivity contribution is 5.85. The van der Waals surface area contributed by atoms with Gasteiger partial charge in [-0.05, 0) is 37.1 Å². The molecule has 48 heavy (non-hydrogen) atoms. The van der Waals surface area contributed by atoms with Crippen molar-refractivity contribution in [2.45, 2.75) is 44.6 Å². The van der Waals surface area contributed by atoms with Gasteiger partial charge < -0.3 is 24.1 Å². The van der Waals surface area contributed by atoms with Gasteiger partial charge in [-0.1, -0.05) is 30.3 Å². The molecular weight excluding hydrogens is 625 g/mol. The molecule has 5 heterocycles. The third kappa shape index (κ3) is 5.96. The number of carbonyl (C=O) groups is 2. The number of H-pyrrole nitrogens is 1. The second-order valence-corrected chi connectivity index (χ2v) is 12.3. The molecule has 5 aromatic rings. The molecule has 0 spiro atoms. The highest BCUT2D eigenvalue weighted by Crippen LogP contribution is 2.35. The number of hydrogen-bond donors (Lipinski definition) is 1. The Bertz CT molecular complexity index is 1980. The number of para-hydroxylation sites is 3. The van der Waals surface area contributed by atoms with Gasteiger partial charge in [0.1, 0.15) is 18.4 Å². The van der Waals surface area contributed by atoms with Crippen LogP contribution in [0.3, 0.4) is 0 Å². The molecule has 3 aromatic heterocycles. The summed E-state index contributed by atoms with van der Waals surface area (Å²) in [4.78, 5) is 48.3. The van der Waals surface area contributed by atoms with E-state index in [4.69, 9.17) is 9.72 Å². The molecule has 14 heteroatoms. The topological polar surface area (TPSA) is 112 Å². The highest BCUT2D eigenvalue weighted by Gasteiger charge is 2.41. The van der Waals surface area contributed by atoms with Gasteiger partial charge in [-0.3, -0.25) is 14.5 Å². The second-order valence-electron chi connectivity index (χ2n) is 12.3. The van der Waals surface area contributed by atoms with Crippen molar-refractivity contribution in [3.05, 3.63) is 72.4 Å². The van der Waals surface area contributed by atoms with Gasteiger partial charge in [0.15, 0.2) is 0 Å². The van der Waals surface area contributed by atoms with Crippen molar-refractivity contribution in [2.75, 3.05) is 39.8 Å². The Morgan fingerprint density at radius 2 is 1.71 bits per heavy atom. The Morgan fingerprint density at radius 1 is 0.979 bits per heavy atom. The van der Waals surface area contributed by atoms with E-state index in [-0.39, 0.29) is 23.0 Å². The summed E-state index contributed by atoms with van der Waals surface area (Å²) in [6.07, 6.45) is -1.49. The Hall–Kier alpha value is -4.98. The molecule has 0 aliphatic carbocycles. The zero-order chi connectivity index (χ0) is 33.6. The molecule has 0 saturated carbocycles. The van der Waals surface area contributed by atoms with Crippen molar-refractivity contribution < 1.29 is 27.5 Å². The number of halogens is 3. The SMILES string of the molecule is COc1nc2ccccc2cc1-c1cnc([C@@H]2CN(C3CCN(C(C)=O)CC3)CCN2C(=O)Cn2c(C(F)(F)F)nc3ccccc32)[nH]1. The van der Waals surface area contributed by atoms with E-state index >= 15 is 0 Å². The fraction of sp³-hybridized carbons (Fsp3) is 0.382. The number of fused-ring (bicyclic) bond motifs is 2. The predicted molar refractivity (Wildman–Crippen MR) is 172 cm³/mol. The molecule has 0 radical (unpaired) electrons. The summed E-state index contributed by atoms with van der Waals surface area (Å²) < 4.78 is 48.9. The number of hydrogen-bond acceptors (Lipinski definition) is 7. The molecule has 2 amide bonds. The number of aromatic nitrogens is 5. The number of nitrogens with one attached hydrogen (secondary N) is 1. The lowest BCUT2D eigenvalue weighted by Crippen LogP contribution is -2.56. The molecule has 0 bridgehead atoms. The number of piperazine rings is 1. The van der Waals surface area contributed by atoms with Crippen LogP contribution in [0.25, 0.3) is 33.2 Å².